The van der Waals surface area contributed by atoms with Crippen molar-refractivity contribution in [3.05, 3.63) is 51.5 Å². The summed E-state index contributed by atoms with van der Waals surface area (Å²) in [5.74, 6) is -1.35. The Balaban J connectivity index is 1.38. The summed E-state index contributed by atoms with van der Waals surface area (Å²) in [6.45, 7) is 6.86. The molecule has 0 unspecified atom stereocenters. The summed E-state index contributed by atoms with van der Waals surface area (Å²) in [5, 5.41) is 5.89. The SMILES string of the molecule is C[C@@H](Oc1cc2sc(NC(=O)NCCN3CCN(C)CC3)nc2cc1F)c1c(Cl)ccc(F)c1Cl. The smallest absolute Gasteiger partial charge is 0.321 e. The van der Waals surface area contributed by atoms with E-state index in [0.29, 0.717) is 21.9 Å². The number of nitrogens with one attached hydrogen (secondary N) is 2. The second-order valence-corrected chi connectivity index (χ2v) is 10.1. The molecule has 1 saturated heterocycles. The Labute approximate surface area is 216 Å². The number of halogens is 4. The van der Waals surface area contributed by atoms with Gasteiger partial charge in [0, 0.05) is 62.0 Å². The van der Waals surface area contributed by atoms with Crippen molar-refractivity contribution in [2.24, 2.45) is 0 Å². The number of amides is 2. The Morgan fingerprint density at radius 2 is 1.94 bits per heavy atom. The van der Waals surface area contributed by atoms with Crippen molar-refractivity contribution in [2.45, 2.75) is 13.0 Å². The minimum atomic E-state index is -0.811. The Morgan fingerprint density at radius 3 is 2.69 bits per heavy atom. The third-order valence-corrected chi connectivity index (χ3v) is 7.41. The number of carbonyl (C=O) groups is 1. The number of rotatable bonds is 7. The molecule has 1 aliphatic heterocycles. The lowest BCUT2D eigenvalue weighted by atomic mass is 10.1. The molecule has 1 aromatic heterocycles. The highest BCUT2D eigenvalue weighted by Gasteiger charge is 2.21. The first kappa shape index (κ1) is 25.8. The molecular formula is C23H25Cl2F2N5O2S. The van der Waals surface area contributed by atoms with Crippen molar-refractivity contribution in [1.29, 1.82) is 0 Å². The van der Waals surface area contributed by atoms with Crippen molar-refractivity contribution >= 4 is 55.9 Å². The fourth-order valence-corrected chi connectivity index (χ4v) is 5.33. The Bertz CT molecular complexity index is 1220. The van der Waals surface area contributed by atoms with Gasteiger partial charge in [0.1, 0.15) is 11.9 Å². The largest absolute Gasteiger partial charge is 0.483 e. The molecule has 2 amide bonds. The van der Waals surface area contributed by atoms with E-state index in [-0.39, 0.29) is 27.4 Å². The first-order chi connectivity index (χ1) is 16.7. The number of urea groups is 1. The number of piperazine rings is 1. The number of aromatic nitrogens is 1. The molecular weight excluding hydrogens is 519 g/mol. The molecule has 12 heteroatoms. The lowest BCUT2D eigenvalue weighted by Crippen LogP contribution is -2.47. The molecule has 2 aromatic carbocycles. The summed E-state index contributed by atoms with van der Waals surface area (Å²) in [6.07, 6.45) is -0.811. The minimum Gasteiger partial charge on any atom is -0.483 e. The zero-order valence-corrected chi connectivity index (χ0v) is 21.5. The fraction of sp³-hybridized carbons (Fsp3) is 0.391. The molecule has 3 aromatic rings. The van der Waals surface area contributed by atoms with Gasteiger partial charge in [-0.1, -0.05) is 34.5 Å². The first-order valence-electron chi connectivity index (χ1n) is 11.1. The number of carbonyl (C=O) groups excluding carboxylic acids is 1. The molecule has 7 nitrogen and oxygen atoms in total. The second-order valence-electron chi connectivity index (χ2n) is 8.31. The quantitative estimate of drug-likeness (QED) is 0.391. The Hall–Kier alpha value is -2.24. The molecule has 35 heavy (non-hydrogen) atoms. The van der Waals surface area contributed by atoms with Crippen molar-refractivity contribution in [3.63, 3.8) is 0 Å². The van der Waals surface area contributed by atoms with Gasteiger partial charge in [0.25, 0.3) is 0 Å². The van der Waals surface area contributed by atoms with Crippen LogP contribution in [0.2, 0.25) is 10.0 Å². The van der Waals surface area contributed by atoms with Gasteiger partial charge in [0.15, 0.2) is 16.7 Å². The number of hydrogen-bond acceptors (Lipinski definition) is 6. The van der Waals surface area contributed by atoms with Gasteiger partial charge >= 0.3 is 6.03 Å². The van der Waals surface area contributed by atoms with E-state index in [0.717, 1.165) is 38.8 Å². The maximum absolute atomic E-state index is 14.7. The zero-order valence-electron chi connectivity index (χ0n) is 19.2. The van der Waals surface area contributed by atoms with Crippen LogP contribution in [0.5, 0.6) is 5.75 Å². The standard InChI is InChI=1S/C23H25Cl2F2N5O2S/c1-13(20-14(24)3-4-15(26)21(20)25)34-18-12-19-17(11-16(18)27)29-23(35-19)30-22(33)28-5-6-32-9-7-31(2)8-10-32/h3-4,11-13H,5-10H2,1-2H3,(H2,28,29,30,33)/t13-/m1/s1. The van der Waals surface area contributed by atoms with Gasteiger partial charge in [0.05, 0.1) is 15.2 Å². The zero-order chi connectivity index (χ0) is 25.1. The lowest BCUT2D eigenvalue weighted by Gasteiger charge is -2.32. The van der Waals surface area contributed by atoms with Gasteiger partial charge in [-0.25, -0.2) is 18.6 Å². The molecule has 1 atom stereocenters. The third kappa shape index (κ3) is 6.31. The summed E-state index contributed by atoms with van der Waals surface area (Å²) >= 11 is 13.4. The highest BCUT2D eigenvalue weighted by molar-refractivity contribution is 7.22. The predicted octanol–water partition coefficient (Wildman–Crippen LogP) is 5.39. The molecule has 0 aliphatic carbocycles. The van der Waals surface area contributed by atoms with Gasteiger partial charge in [-0.05, 0) is 26.1 Å². The van der Waals surface area contributed by atoms with Crippen molar-refractivity contribution in [1.82, 2.24) is 20.1 Å². The Morgan fingerprint density at radius 1 is 1.20 bits per heavy atom. The van der Waals surface area contributed by atoms with Crippen LogP contribution in [0.1, 0.15) is 18.6 Å². The van der Waals surface area contributed by atoms with E-state index in [1.165, 1.54) is 29.5 Å². The average Bonchev–Trinajstić information content (AvgIpc) is 3.18. The molecule has 1 aliphatic rings. The van der Waals surface area contributed by atoms with E-state index in [2.05, 4.69) is 32.5 Å². The topological polar surface area (TPSA) is 69.7 Å². The average molecular weight is 544 g/mol. The van der Waals surface area contributed by atoms with Crippen LogP contribution in [0.3, 0.4) is 0 Å². The molecule has 2 heterocycles. The molecule has 0 bridgehead atoms. The number of likely N-dealkylation sites (N-methyl/N-ethyl adjacent to an activating group) is 1. The van der Waals surface area contributed by atoms with Crippen LogP contribution in [-0.2, 0) is 0 Å². The van der Waals surface area contributed by atoms with E-state index in [1.807, 2.05) is 0 Å². The second kappa shape index (κ2) is 11.2. The molecule has 0 saturated carbocycles. The van der Waals surface area contributed by atoms with Crippen molar-refractivity contribution < 1.29 is 18.3 Å². The van der Waals surface area contributed by atoms with Gasteiger partial charge in [-0.2, -0.15) is 0 Å². The summed E-state index contributed by atoms with van der Waals surface area (Å²) in [5.41, 5.74) is 0.606. The summed E-state index contributed by atoms with van der Waals surface area (Å²) in [6, 6.07) is 4.85. The Kier molecular flexibility index (Phi) is 8.28. The number of benzene rings is 2. The minimum absolute atomic E-state index is 0.0618. The van der Waals surface area contributed by atoms with Gasteiger partial charge in [-0.3, -0.25) is 10.2 Å². The van der Waals surface area contributed by atoms with Gasteiger partial charge in [0.2, 0.25) is 0 Å². The van der Waals surface area contributed by atoms with E-state index >= 15 is 0 Å². The van der Waals surface area contributed by atoms with Crippen molar-refractivity contribution in [2.75, 3.05) is 51.6 Å². The van der Waals surface area contributed by atoms with Gasteiger partial charge < -0.3 is 15.0 Å². The van der Waals surface area contributed by atoms with Crippen LogP contribution < -0.4 is 15.4 Å². The molecule has 1 fully saturated rings. The summed E-state index contributed by atoms with van der Waals surface area (Å²) < 4.78 is 34.9. The third-order valence-electron chi connectivity index (χ3n) is 5.76. The molecule has 2 N–H and O–H groups in total. The summed E-state index contributed by atoms with van der Waals surface area (Å²) in [4.78, 5) is 21.1. The van der Waals surface area contributed by atoms with E-state index in [9.17, 15) is 13.6 Å². The maximum Gasteiger partial charge on any atom is 0.321 e. The normalized spacial score (nSPS) is 15.8. The van der Waals surface area contributed by atoms with Crippen LogP contribution in [0, 0.1) is 11.6 Å². The molecule has 4 rings (SSSR count). The number of thiazole rings is 1. The predicted molar refractivity (Wildman–Crippen MR) is 136 cm³/mol. The summed E-state index contributed by atoms with van der Waals surface area (Å²) in [7, 11) is 2.10. The highest BCUT2D eigenvalue weighted by atomic mass is 35.5. The monoisotopic (exact) mass is 543 g/mol. The number of anilines is 1. The number of ether oxygens (including phenoxy) is 1. The number of hydrogen-bond donors (Lipinski definition) is 2. The van der Waals surface area contributed by atoms with Crippen LogP contribution in [0.15, 0.2) is 24.3 Å². The van der Waals surface area contributed by atoms with Crippen LogP contribution >= 0.6 is 34.5 Å². The lowest BCUT2D eigenvalue weighted by molar-refractivity contribution is 0.155. The van der Waals surface area contributed by atoms with Crippen LogP contribution in [0.25, 0.3) is 10.2 Å². The number of nitrogens with zero attached hydrogens (tertiary/aromatic N) is 3. The van der Waals surface area contributed by atoms with Gasteiger partial charge in [-0.15, -0.1) is 0 Å². The van der Waals surface area contributed by atoms with Crippen LogP contribution in [0.4, 0.5) is 18.7 Å². The van der Waals surface area contributed by atoms with Crippen LogP contribution in [-0.4, -0.2) is 67.1 Å². The van der Waals surface area contributed by atoms with E-state index < -0.39 is 17.7 Å². The van der Waals surface area contributed by atoms with E-state index in [1.54, 1.807) is 6.92 Å². The highest BCUT2D eigenvalue weighted by Crippen LogP contribution is 2.37. The molecule has 0 radical (unpaired) electrons. The molecule has 0 spiro atoms. The maximum atomic E-state index is 14.7. The number of fused-ring (bicyclic) bond motifs is 1. The first-order valence-corrected chi connectivity index (χ1v) is 12.6. The molecule has 188 valence electrons. The van der Waals surface area contributed by atoms with Crippen molar-refractivity contribution in [3.8, 4) is 5.75 Å². The van der Waals surface area contributed by atoms with E-state index in [4.69, 9.17) is 27.9 Å². The fourth-order valence-electron chi connectivity index (χ4n) is 3.78.